The highest BCUT2D eigenvalue weighted by atomic mass is 16.5. The van der Waals surface area contributed by atoms with E-state index in [4.69, 9.17) is 4.74 Å². The van der Waals surface area contributed by atoms with Gasteiger partial charge in [0.1, 0.15) is 6.10 Å². The highest BCUT2D eigenvalue weighted by molar-refractivity contribution is 5.78. The highest BCUT2D eigenvalue weighted by Crippen LogP contribution is 2.33. The second-order valence-corrected chi connectivity index (χ2v) is 8.27. The average Bonchev–Trinajstić information content (AvgIpc) is 2.78. The number of hydrogen-bond acceptors (Lipinski definition) is 4. The molecular formula is C25H30N2O3. The van der Waals surface area contributed by atoms with E-state index < -0.39 is 0 Å². The molecular weight excluding hydrogens is 376 g/mol. The Bertz CT molecular complexity index is 810. The number of amides is 1. The van der Waals surface area contributed by atoms with Crippen molar-refractivity contribution in [2.45, 2.75) is 38.3 Å². The molecule has 0 saturated carbocycles. The van der Waals surface area contributed by atoms with Gasteiger partial charge in [0.15, 0.2) is 0 Å². The summed E-state index contributed by atoms with van der Waals surface area (Å²) in [7, 11) is 0. The Morgan fingerprint density at radius 2 is 1.57 bits per heavy atom. The van der Waals surface area contributed by atoms with Crippen molar-refractivity contribution < 1.29 is 14.3 Å². The smallest absolute Gasteiger partial charge is 0.311 e. The minimum absolute atomic E-state index is 0.0790. The molecule has 0 radical (unpaired) electrons. The van der Waals surface area contributed by atoms with Gasteiger partial charge in [0, 0.05) is 32.6 Å². The van der Waals surface area contributed by atoms with Crippen LogP contribution in [0.5, 0.6) is 0 Å². The maximum absolute atomic E-state index is 12.7. The van der Waals surface area contributed by atoms with Crippen LogP contribution in [0.4, 0.5) is 0 Å². The average molecular weight is 407 g/mol. The predicted molar refractivity (Wildman–Crippen MR) is 116 cm³/mol. The Morgan fingerprint density at radius 3 is 2.13 bits per heavy atom. The molecule has 0 aliphatic carbocycles. The molecule has 158 valence electrons. The van der Waals surface area contributed by atoms with Crippen LogP contribution < -0.4 is 0 Å². The van der Waals surface area contributed by atoms with Crippen LogP contribution in [-0.4, -0.2) is 54.0 Å². The highest BCUT2D eigenvalue weighted by Gasteiger charge is 2.38. The summed E-state index contributed by atoms with van der Waals surface area (Å²) < 4.78 is 5.82. The second-order valence-electron chi connectivity index (χ2n) is 8.27. The van der Waals surface area contributed by atoms with Crippen molar-refractivity contribution in [3.8, 4) is 0 Å². The van der Waals surface area contributed by atoms with E-state index in [0.717, 1.165) is 32.5 Å². The Labute approximate surface area is 178 Å². The molecule has 2 fully saturated rings. The van der Waals surface area contributed by atoms with Crippen LogP contribution >= 0.6 is 0 Å². The Hall–Kier alpha value is -2.66. The second kappa shape index (κ2) is 9.43. The fourth-order valence-electron chi connectivity index (χ4n) is 4.52. The molecule has 0 unspecified atom stereocenters. The Kier molecular flexibility index (Phi) is 6.48. The fourth-order valence-corrected chi connectivity index (χ4v) is 4.52. The summed E-state index contributed by atoms with van der Waals surface area (Å²) in [5.74, 6) is -0.220. The van der Waals surface area contributed by atoms with Crippen molar-refractivity contribution >= 4 is 11.9 Å². The van der Waals surface area contributed by atoms with Crippen LogP contribution in [-0.2, 0) is 14.3 Å². The molecule has 2 aromatic rings. The lowest BCUT2D eigenvalue weighted by Gasteiger charge is -2.44. The van der Waals surface area contributed by atoms with E-state index in [2.05, 4.69) is 53.4 Å². The molecule has 4 rings (SSSR count). The molecule has 0 spiro atoms. The number of nitrogens with zero attached hydrogens (tertiary/aromatic N) is 2. The van der Waals surface area contributed by atoms with Gasteiger partial charge in [-0.25, -0.2) is 0 Å². The van der Waals surface area contributed by atoms with Crippen LogP contribution in [0.1, 0.15) is 43.4 Å². The van der Waals surface area contributed by atoms with Gasteiger partial charge in [-0.2, -0.15) is 0 Å². The van der Waals surface area contributed by atoms with E-state index in [-0.39, 0.29) is 29.9 Å². The van der Waals surface area contributed by atoms with Crippen molar-refractivity contribution in [1.29, 1.82) is 0 Å². The molecule has 2 saturated heterocycles. The van der Waals surface area contributed by atoms with E-state index in [1.807, 2.05) is 24.0 Å². The van der Waals surface area contributed by atoms with Gasteiger partial charge in [0.2, 0.25) is 5.91 Å². The quantitative estimate of drug-likeness (QED) is 0.687. The predicted octanol–water partition coefficient (Wildman–Crippen LogP) is 3.65. The summed E-state index contributed by atoms with van der Waals surface area (Å²) in [6.45, 7) is 4.57. The largest absolute Gasteiger partial charge is 0.459 e. The lowest BCUT2D eigenvalue weighted by Crippen LogP contribution is -2.55. The van der Waals surface area contributed by atoms with E-state index in [9.17, 15) is 9.59 Å². The minimum atomic E-state index is -0.192. The van der Waals surface area contributed by atoms with Crippen molar-refractivity contribution in [2.75, 3.05) is 26.2 Å². The van der Waals surface area contributed by atoms with Crippen molar-refractivity contribution in [2.24, 2.45) is 5.92 Å². The zero-order valence-electron chi connectivity index (χ0n) is 17.6. The standard InChI is InChI=1S/C25H30N2O3/c1-2-23(28)26-15-9-14-21(16-26)25(29)30-22-17-27(18-22)24(19-10-5-3-6-11-19)20-12-7-4-8-13-20/h3-8,10-13,21-22,24H,2,9,14-18H2,1H3/t21-/m1/s1. The third-order valence-electron chi connectivity index (χ3n) is 6.16. The molecule has 2 aromatic carbocycles. The lowest BCUT2D eigenvalue weighted by atomic mass is 9.93. The number of carbonyl (C=O) groups is 2. The first-order valence-corrected chi connectivity index (χ1v) is 11.0. The molecule has 0 aromatic heterocycles. The van der Waals surface area contributed by atoms with Gasteiger partial charge in [-0.3, -0.25) is 14.5 Å². The van der Waals surface area contributed by atoms with Crippen LogP contribution in [0.3, 0.4) is 0 Å². The zero-order chi connectivity index (χ0) is 20.9. The molecule has 30 heavy (non-hydrogen) atoms. The summed E-state index contributed by atoms with van der Waals surface area (Å²) in [6.07, 6.45) is 2.08. The maximum Gasteiger partial charge on any atom is 0.311 e. The van der Waals surface area contributed by atoms with Gasteiger partial charge in [-0.1, -0.05) is 67.6 Å². The number of piperidine rings is 1. The van der Waals surface area contributed by atoms with Crippen molar-refractivity contribution in [3.05, 3.63) is 71.8 Å². The SMILES string of the molecule is CCC(=O)N1CCC[C@@H](C(=O)OC2CN(C(c3ccccc3)c3ccccc3)C2)C1. The van der Waals surface area contributed by atoms with Crippen LogP contribution in [0, 0.1) is 5.92 Å². The first-order chi connectivity index (χ1) is 14.7. The Morgan fingerprint density at radius 1 is 0.967 bits per heavy atom. The molecule has 2 heterocycles. The monoisotopic (exact) mass is 406 g/mol. The molecule has 5 nitrogen and oxygen atoms in total. The molecule has 5 heteroatoms. The van der Waals surface area contributed by atoms with Gasteiger partial charge >= 0.3 is 5.97 Å². The summed E-state index contributed by atoms with van der Waals surface area (Å²) in [5, 5.41) is 0. The number of rotatable bonds is 6. The van der Waals surface area contributed by atoms with Crippen LogP contribution in [0.25, 0.3) is 0 Å². The van der Waals surface area contributed by atoms with Crippen LogP contribution in [0.15, 0.2) is 60.7 Å². The third-order valence-corrected chi connectivity index (χ3v) is 6.16. The first kappa shape index (κ1) is 20.6. The summed E-state index contributed by atoms with van der Waals surface area (Å²) in [5.41, 5.74) is 2.49. The normalized spacial score (nSPS) is 20.1. The minimum Gasteiger partial charge on any atom is -0.459 e. The number of hydrogen-bond donors (Lipinski definition) is 0. The summed E-state index contributed by atoms with van der Waals surface area (Å²) >= 11 is 0. The number of likely N-dealkylation sites (tertiary alicyclic amines) is 2. The first-order valence-electron chi connectivity index (χ1n) is 11.0. The maximum atomic E-state index is 12.7. The molecule has 1 atom stereocenters. The molecule has 2 aliphatic rings. The number of ether oxygens (including phenoxy) is 1. The van der Waals surface area contributed by atoms with E-state index in [1.165, 1.54) is 11.1 Å². The third kappa shape index (κ3) is 4.57. The molecule has 0 bridgehead atoms. The number of benzene rings is 2. The van der Waals surface area contributed by atoms with E-state index in [1.54, 1.807) is 0 Å². The van der Waals surface area contributed by atoms with Crippen molar-refractivity contribution in [1.82, 2.24) is 9.80 Å². The van der Waals surface area contributed by atoms with Gasteiger partial charge in [-0.15, -0.1) is 0 Å². The number of esters is 1. The number of carbonyl (C=O) groups excluding carboxylic acids is 2. The van der Waals surface area contributed by atoms with Gasteiger partial charge in [0.25, 0.3) is 0 Å². The lowest BCUT2D eigenvalue weighted by molar-refractivity contribution is -0.166. The van der Waals surface area contributed by atoms with Gasteiger partial charge in [-0.05, 0) is 24.0 Å². The topological polar surface area (TPSA) is 49.9 Å². The fraction of sp³-hybridized carbons (Fsp3) is 0.440. The molecule has 2 aliphatic heterocycles. The summed E-state index contributed by atoms with van der Waals surface area (Å²) in [6, 6.07) is 21.1. The zero-order valence-corrected chi connectivity index (χ0v) is 17.6. The van der Waals surface area contributed by atoms with E-state index >= 15 is 0 Å². The van der Waals surface area contributed by atoms with Gasteiger partial charge < -0.3 is 9.64 Å². The molecule has 0 N–H and O–H groups in total. The Balaban J connectivity index is 1.36. The van der Waals surface area contributed by atoms with Gasteiger partial charge in [0.05, 0.1) is 12.0 Å². The van der Waals surface area contributed by atoms with E-state index in [0.29, 0.717) is 13.0 Å². The van der Waals surface area contributed by atoms with Crippen molar-refractivity contribution in [3.63, 3.8) is 0 Å². The summed E-state index contributed by atoms with van der Waals surface area (Å²) in [4.78, 5) is 28.8. The van der Waals surface area contributed by atoms with Crippen LogP contribution in [0.2, 0.25) is 0 Å². The molecule has 1 amide bonds.